The Bertz CT molecular complexity index is 998. The summed E-state index contributed by atoms with van der Waals surface area (Å²) in [6, 6.07) is 8.56. The van der Waals surface area contributed by atoms with Gasteiger partial charge in [-0.05, 0) is 24.1 Å². The molecule has 3 rings (SSSR count). The first-order chi connectivity index (χ1) is 12.0. The third-order valence-electron chi connectivity index (χ3n) is 3.81. The Labute approximate surface area is 145 Å². The van der Waals surface area contributed by atoms with Gasteiger partial charge in [-0.15, -0.1) is 0 Å². The molecule has 0 aliphatic heterocycles. The first-order valence-corrected chi connectivity index (χ1v) is 8.00. The Kier molecular flexibility index (Phi) is 4.65. The second-order valence-corrected chi connectivity index (χ2v) is 5.96. The van der Waals surface area contributed by atoms with Crippen LogP contribution in [0.5, 0.6) is 17.2 Å². The van der Waals surface area contributed by atoms with Gasteiger partial charge in [0.05, 0.1) is 25.9 Å². The summed E-state index contributed by atoms with van der Waals surface area (Å²) in [5, 5.41) is 0.821. The Morgan fingerprint density at radius 2 is 1.84 bits per heavy atom. The SMILES string of the molecule is COc1cccc2c(=O)c3c(OC)cc(OC=CC(C)C)cc3oc12. The van der Waals surface area contributed by atoms with Crippen molar-refractivity contribution in [1.82, 2.24) is 0 Å². The predicted molar refractivity (Wildman–Crippen MR) is 97.7 cm³/mol. The van der Waals surface area contributed by atoms with E-state index >= 15 is 0 Å². The lowest BCUT2D eigenvalue weighted by molar-refractivity contribution is 0.408. The number of allylic oxidation sites excluding steroid dienone is 1. The fourth-order valence-corrected chi connectivity index (χ4v) is 2.58. The third-order valence-corrected chi connectivity index (χ3v) is 3.81. The quantitative estimate of drug-likeness (QED) is 0.505. The van der Waals surface area contributed by atoms with Crippen LogP contribution in [0.3, 0.4) is 0 Å². The molecule has 0 saturated carbocycles. The maximum absolute atomic E-state index is 12.9. The number of hydrogen-bond acceptors (Lipinski definition) is 5. The van der Waals surface area contributed by atoms with Crippen molar-refractivity contribution >= 4 is 21.9 Å². The van der Waals surface area contributed by atoms with Crippen molar-refractivity contribution in [2.45, 2.75) is 13.8 Å². The number of hydrogen-bond donors (Lipinski definition) is 0. The van der Waals surface area contributed by atoms with Crippen LogP contribution >= 0.6 is 0 Å². The monoisotopic (exact) mass is 340 g/mol. The highest BCUT2D eigenvalue weighted by Gasteiger charge is 2.16. The highest BCUT2D eigenvalue weighted by molar-refractivity contribution is 5.95. The van der Waals surface area contributed by atoms with Gasteiger partial charge in [0.25, 0.3) is 0 Å². The first-order valence-electron chi connectivity index (χ1n) is 8.00. The molecule has 0 atom stereocenters. The molecule has 3 aromatic rings. The fraction of sp³-hybridized carbons (Fsp3) is 0.250. The van der Waals surface area contributed by atoms with Gasteiger partial charge in [0, 0.05) is 12.1 Å². The van der Waals surface area contributed by atoms with Crippen LogP contribution in [0.1, 0.15) is 13.8 Å². The summed E-state index contributed by atoms with van der Waals surface area (Å²) in [4.78, 5) is 12.9. The number of benzene rings is 2. The van der Waals surface area contributed by atoms with E-state index in [1.54, 1.807) is 36.6 Å². The van der Waals surface area contributed by atoms with E-state index in [1.807, 2.05) is 6.08 Å². The maximum Gasteiger partial charge on any atom is 0.204 e. The molecule has 0 bridgehead atoms. The minimum atomic E-state index is -0.170. The van der Waals surface area contributed by atoms with Crippen LogP contribution in [-0.2, 0) is 0 Å². The molecule has 1 heterocycles. The van der Waals surface area contributed by atoms with Gasteiger partial charge >= 0.3 is 0 Å². The highest BCUT2D eigenvalue weighted by Crippen LogP contribution is 2.33. The topological polar surface area (TPSA) is 57.9 Å². The molecule has 130 valence electrons. The van der Waals surface area contributed by atoms with Gasteiger partial charge in [-0.3, -0.25) is 4.79 Å². The largest absolute Gasteiger partial charge is 0.496 e. The highest BCUT2D eigenvalue weighted by atomic mass is 16.5. The molecule has 25 heavy (non-hydrogen) atoms. The lowest BCUT2D eigenvalue weighted by Gasteiger charge is -2.10. The zero-order valence-corrected chi connectivity index (χ0v) is 14.7. The second kappa shape index (κ2) is 6.89. The van der Waals surface area contributed by atoms with Crippen LogP contribution in [-0.4, -0.2) is 14.2 Å². The van der Waals surface area contributed by atoms with Crippen molar-refractivity contribution in [3.63, 3.8) is 0 Å². The van der Waals surface area contributed by atoms with Gasteiger partial charge in [0.2, 0.25) is 5.43 Å². The van der Waals surface area contributed by atoms with Gasteiger partial charge in [-0.2, -0.15) is 0 Å². The van der Waals surface area contributed by atoms with E-state index in [9.17, 15) is 4.79 Å². The molecule has 0 N–H and O–H groups in total. The summed E-state index contributed by atoms with van der Waals surface area (Å²) in [5.41, 5.74) is 0.616. The van der Waals surface area contributed by atoms with Crippen molar-refractivity contribution < 1.29 is 18.6 Å². The molecule has 0 spiro atoms. The number of rotatable bonds is 5. The molecule has 0 amide bonds. The van der Waals surface area contributed by atoms with Crippen LogP contribution in [0.4, 0.5) is 0 Å². The van der Waals surface area contributed by atoms with E-state index in [1.165, 1.54) is 14.2 Å². The summed E-state index contributed by atoms with van der Waals surface area (Å²) in [6.45, 7) is 4.11. The summed E-state index contributed by atoms with van der Waals surface area (Å²) in [6.07, 6.45) is 3.54. The minimum Gasteiger partial charge on any atom is -0.496 e. The zero-order valence-electron chi connectivity index (χ0n) is 14.7. The van der Waals surface area contributed by atoms with Gasteiger partial charge < -0.3 is 18.6 Å². The van der Waals surface area contributed by atoms with Crippen LogP contribution < -0.4 is 19.6 Å². The maximum atomic E-state index is 12.9. The molecule has 0 radical (unpaired) electrons. The lowest BCUT2D eigenvalue weighted by Crippen LogP contribution is -2.05. The molecule has 0 aliphatic rings. The van der Waals surface area contributed by atoms with E-state index < -0.39 is 0 Å². The number of fused-ring (bicyclic) bond motifs is 2. The van der Waals surface area contributed by atoms with E-state index in [4.69, 9.17) is 18.6 Å². The summed E-state index contributed by atoms with van der Waals surface area (Å²) in [5.74, 6) is 1.80. The molecule has 2 aromatic carbocycles. The van der Waals surface area contributed by atoms with Gasteiger partial charge in [0.15, 0.2) is 11.3 Å². The molecular weight excluding hydrogens is 320 g/mol. The van der Waals surface area contributed by atoms with E-state index in [-0.39, 0.29) is 5.43 Å². The third kappa shape index (κ3) is 3.18. The second-order valence-electron chi connectivity index (χ2n) is 5.96. The number of ether oxygens (including phenoxy) is 3. The number of para-hydroxylation sites is 1. The minimum absolute atomic E-state index is 0.170. The van der Waals surface area contributed by atoms with Crippen molar-refractivity contribution in [3.8, 4) is 17.2 Å². The van der Waals surface area contributed by atoms with Crippen LogP contribution in [0.25, 0.3) is 21.9 Å². The Morgan fingerprint density at radius 3 is 2.52 bits per heavy atom. The van der Waals surface area contributed by atoms with Crippen molar-refractivity contribution in [3.05, 3.63) is 52.9 Å². The van der Waals surface area contributed by atoms with Crippen molar-refractivity contribution in [1.29, 1.82) is 0 Å². The Morgan fingerprint density at radius 1 is 1.08 bits per heavy atom. The molecule has 0 fully saturated rings. The van der Waals surface area contributed by atoms with E-state index in [0.717, 1.165) is 0 Å². The number of methoxy groups -OCH3 is 2. The lowest BCUT2D eigenvalue weighted by atomic mass is 10.1. The van der Waals surface area contributed by atoms with Crippen LogP contribution in [0.2, 0.25) is 0 Å². The van der Waals surface area contributed by atoms with Gasteiger partial charge in [-0.1, -0.05) is 19.9 Å². The average Bonchev–Trinajstić information content (AvgIpc) is 2.60. The molecule has 0 aliphatic carbocycles. The standard InChI is InChI=1S/C20H20O5/c1-12(2)8-9-24-13-10-16(23-4)18-17(11-13)25-20-14(19(18)21)6-5-7-15(20)22-3/h5-12H,1-4H3. The van der Waals surface area contributed by atoms with Crippen molar-refractivity contribution in [2.75, 3.05) is 14.2 Å². The molecule has 5 nitrogen and oxygen atoms in total. The van der Waals surface area contributed by atoms with E-state index in [2.05, 4.69) is 13.8 Å². The summed E-state index contributed by atoms with van der Waals surface area (Å²) < 4.78 is 22.3. The Hall–Kier alpha value is -2.95. The zero-order chi connectivity index (χ0) is 18.0. The smallest absolute Gasteiger partial charge is 0.204 e. The summed E-state index contributed by atoms with van der Waals surface area (Å²) in [7, 11) is 3.05. The van der Waals surface area contributed by atoms with Crippen LogP contribution in [0.15, 0.2) is 51.9 Å². The van der Waals surface area contributed by atoms with Gasteiger partial charge in [0.1, 0.15) is 22.5 Å². The summed E-state index contributed by atoms with van der Waals surface area (Å²) >= 11 is 0. The van der Waals surface area contributed by atoms with Gasteiger partial charge in [-0.25, -0.2) is 0 Å². The Balaban J connectivity index is 2.26. The molecule has 0 unspecified atom stereocenters. The molecular formula is C20H20O5. The predicted octanol–water partition coefficient (Wildman–Crippen LogP) is 4.51. The molecule has 5 heteroatoms. The average molecular weight is 340 g/mol. The fourth-order valence-electron chi connectivity index (χ4n) is 2.58. The first kappa shape index (κ1) is 16.9. The van der Waals surface area contributed by atoms with Crippen LogP contribution in [0, 0.1) is 5.92 Å². The van der Waals surface area contributed by atoms with Crippen molar-refractivity contribution in [2.24, 2.45) is 5.92 Å². The normalized spacial score (nSPS) is 11.6. The van der Waals surface area contributed by atoms with E-state index in [0.29, 0.717) is 45.1 Å². The molecule has 0 saturated heterocycles. The molecule has 1 aromatic heterocycles.